The van der Waals surface area contributed by atoms with E-state index < -0.39 is 0 Å². The number of hydrogen-bond donors (Lipinski definition) is 2. The Morgan fingerprint density at radius 2 is 2.10 bits per heavy atom. The van der Waals surface area contributed by atoms with E-state index in [1.165, 1.54) is 0 Å². The van der Waals surface area contributed by atoms with Gasteiger partial charge >= 0.3 is 0 Å². The third kappa shape index (κ3) is 2.72. The van der Waals surface area contributed by atoms with Gasteiger partial charge in [-0.15, -0.1) is 0 Å². The molecule has 20 heavy (non-hydrogen) atoms. The van der Waals surface area contributed by atoms with Gasteiger partial charge in [-0.2, -0.15) is 0 Å². The minimum Gasteiger partial charge on any atom is -0.496 e. The monoisotopic (exact) mass is 274 g/mol. The molecule has 2 N–H and O–H groups in total. The molecule has 0 fully saturated rings. The number of aliphatic hydroxyl groups excluding tert-OH is 1. The normalized spacial score (nSPS) is 10.6. The van der Waals surface area contributed by atoms with Gasteiger partial charge in [-0.25, -0.2) is 4.98 Å². The second kappa shape index (κ2) is 5.88. The largest absolute Gasteiger partial charge is 0.496 e. The Kier molecular flexibility index (Phi) is 4.20. The lowest BCUT2D eigenvalue weighted by Crippen LogP contribution is -2.18. The highest BCUT2D eigenvalue weighted by Crippen LogP contribution is 2.23. The van der Waals surface area contributed by atoms with Crippen LogP contribution in [0, 0.1) is 13.8 Å². The maximum absolute atomic E-state index is 12.0. The highest BCUT2D eigenvalue weighted by Gasteiger charge is 2.10. The van der Waals surface area contributed by atoms with E-state index in [1.807, 2.05) is 25.1 Å². The molecule has 0 unspecified atom stereocenters. The van der Waals surface area contributed by atoms with Crippen LogP contribution in [0.2, 0.25) is 0 Å². The molecule has 0 spiro atoms. The number of H-pyrrole nitrogens is 1. The van der Waals surface area contributed by atoms with Crippen molar-refractivity contribution in [2.45, 2.75) is 20.3 Å². The second-order valence-corrected chi connectivity index (χ2v) is 4.64. The number of methoxy groups -OCH3 is 1. The molecule has 1 aromatic heterocycles. The molecular formula is C15H18N2O3. The summed E-state index contributed by atoms with van der Waals surface area (Å²) in [5, 5.41) is 8.95. The van der Waals surface area contributed by atoms with Crippen LogP contribution in [0.15, 0.2) is 23.0 Å². The van der Waals surface area contributed by atoms with Crippen LogP contribution in [0.3, 0.4) is 0 Å². The molecular weight excluding hydrogens is 256 g/mol. The van der Waals surface area contributed by atoms with Gasteiger partial charge in [0, 0.05) is 29.8 Å². The molecule has 0 saturated heterocycles. The molecule has 0 aliphatic carbocycles. The lowest BCUT2D eigenvalue weighted by Gasteiger charge is -2.09. The summed E-state index contributed by atoms with van der Waals surface area (Å²) >= 11 is 0. The van der Waals surface area contributed by atoms with Crippen molar-refractivity contribution in [1.29, 1.82) is 0 Å². The molecule has 0 atom stereocenters. The van der Waals surface area contributed by atoms with Crippen LogP contribution in [0.25, 0.3) is 11.4 Å². The van der Waals surface area contributed by atoms with E-state index in [9.17, 15) is 4.79 Å². The van der Waals surface area contributed by atoms with Gasteiger partial charge in [-0.05, 0) is 37.6 Å². The van der Waals surface area contributed by atoms with Gasteiger partial charge < -0.3 is 14.8 Å². The molecule has 0 radical (unpaired) electrons. The molecule has 1 aromatic carbocycles. The molecule has 5 heteroatoms. The van der Waals surface area contributed by atoms with Gasteiger partial charge in [0.25, 0.3) is 5.56 Å². The minimum atomic E-state index is -0.199. The Morgan fingerprint density at radius 1 is 1.35 bits per heavy atom. The maximum atomic E-state index is 12.0. The zero-order chi connectivity index (χ0) is 14.7. The molecule has 2 aromatic rings. The van der Waals surface area contributed by atoms with Crippen LogP contribution in [0.1, 0.15) is 16.8 Å². The zero-order valence-corrected chi connectivity index (χ0v) is 11.9. The van der Waals surface area contributed by atoms with Crippen LogP contribution in [-0.2, 0) is 6.42 Å². The highest BCUT2D eigenvalue weighted by molar-refractivity contribution is 5.58. The fourth-order valence-electron chi connectivity index (χ4n) is 2.18. The molecule has 0 aliphatic heterocycles. The minimum absolute atomic E-state index is 0.0629. The van der Waals surface area contributed by atoms with Gasteiger partial charge in [0.05, 0.1) is 7.11 Å². The average molecular weight is 274 g/mol. The summed E-state index contributed by atoms with van der Waals surface area (Å²) in [4.78, 5) is 19.2. The Bertz CT molecular complexity index is 677. The maximum Gasteiger partial charge on any atom is 0.254 e. The van der Waals surface area contributed by atoms with Crippen LogP contribution >= 0.6 is 0 Å². The first kappa shape index (κ1) is 14.3. The first-order chi connectivity index (χ1) is 9.56. The van der Waals surface area contributed by atoms with Crippen LogP contribution in [-0.4, -0.2) is 28.8 Å². The van der Waals surface area contributed by atoms with Gasteiger partial charge in [0.1, 0.15) is 11.6 Å². The zero-order valence-electron chi connectivity index (χ0n) is 11.9. The number of aromatic amines is 1. The van der Waals surface area contributed by atoms with Gasteiger partial charge in [0.15, 0.2) is 0 Å². The van der Waals surface area contributed by atoms with Gasteiger partial charge in [-0.3, -0.25) is 4.79 Å². The predicted octanol–water partition coefficient (Wildman–Crippen LogP) is 1.60. The van der Waals surface area contributed by atoms with Crippen LogP contribution in [0.4, 0.5) is 0 Å². The SMILES string of the molecule is COc1ccc(-c2nc(C)c(CCO)c(=O)[nH]2)cc1C. The quantitative estimate of drug-likeness (QED) is 0.888. The van der Waals surface area contributed by atoms with E-state index in [1.54, 1.807) is 14.0 Å². The smallest absolute Gasteiger partial charge is 0.254 e. The molecule has 106 valence electrons. The van der Waals surface area contributed by atoms with Crippen molar-refractivity contribution in [2.75, 3.05) is 13.7 Å². The van der Waals surface area contributed by atoms with E-state index in [-0.39, 0.29) is 12.2 Å². The number of benzene rings is 1. The van der Waals surface area contributed by atoms with Crippen molar-refractivity contribution in [3.8, 4) is 17.1 Å². The van der Waals surface area contributed by atoms with E-state index in [2.05, 4.69) is 9.97 Å². The van der Waals surface area contributed by atoms with Gasteiger partial charge in [0.2, 0.25) is 0 Å². The van der Waals surface area contributed by atoms with Crippen molar-refractivity contribution in [2.24, 2.45) is 0 Å². The number of ether oxygens (including phenoxy) is 1. The van der Waals surface area contributed by atoms with E-state index in [4.69, 9.17) is 9.84 Å². The molecule has 5 nitrogen and oxygen atoms in total. The number of hydrogen-bond acceptors (Lipinski definition) is 4. The Hall–Kier alpha value is -2.14. The average Bonchev–Trinajstić information content (AvgIpc) is 2.42. The molecule has 0 aliphatic rings. The molecule has 0 amide bonds. The number of aryl methyl sites for hydroxylation is 2. The predicted molar refractivity (Wildman–Crippen MR) is 77.1 cm³/mol. The second-order valence-electron chi connectivity index (χ2n) is 4.64. The lowest BCUT2D eigenvalue weighted by molar-refractivity contribution is 0.298. The fourth-order valence-corrected chi connectivity index (χ4v) is 2.18. The third-order valence-corrected chi connectivity index (χ3v) is 3.25. The number of aliphatic hydroxyl groups is 1. The Balaban J connectivity index is 2.48. The summed E-state index contributed by atoms with van der Waals surface area (Å²) < 4.78 is 5.21. The van der Waals surface area contributed by atoms with Crippen molar-refractivity contribution in [3.05, 3.63) is 45.4 Å². The van der Waals surface area contributed by atoms with Crippen molar-refractivity contribution in [3.63, 3.8) is 0 Å². The summed E-state index contributed by atoms with van der Waals surface area (Å²) in [6.07, 6.45) is 0.316. The van der Waals surface area contributed by atoms with E-state index >= 15 is 0 Å². The van der Waals surface area contributed by atoms with Gasteiger partial charge in [-0.1, -0.05) is 0 Å². The summed E-state index contributed by atoms with van der Waals surface area (Å²) in [5.41, 5.74) is 2.78. The molecule has 2 rings (SSSR count). The highest BCUT2D eigenvalue weighted by atomic mass is 16.5. The third-order valence-electron chi connectivity index (χ3n) is 3.25. The Morgan fingerprint density at radius 3 is 2.65 bits per heavy atom. The lowest BCUT2D eigenvalue weighted by atomic mass is 10.1. The van der Waals surface area contributed by atoms with Crippen LogP contribution in [0.5, 0.6) is 5.75 Å². The summed E-state index contributed by atoms with van der Waals surface area (Å²) in [6.45, 7) is 3.65. The Labute approximate surface area is 117 Å². The van der Waals surface area contributed by atoms with Crippen molar-refractivity contribution in [1.82, 2.24) is 9.97 Å². The van der Waals surface area contributed by atoms with E-state index in [0.29, 0.717) is 23.5 Å². The summed E-state index contributed by atoms with van der Waals surface area (Å²) in [5.74, 6) is 1.32. The number of aromatic nitrogens is 2. The summed E-state index contributed by atoms with van der Waals surface area (Å²) in [7, 11) is 1.62. The first-order valence-electron chi connectivity index (χ1n) is 6.42. The number of nitrogens with zero attached hydrogens (tertiary/aromatic N) is 1. The number of rotatable bonds is 4. The van der Waals surface area contributed by atoms with Crippen molar-refractivity contribution < 1.29 is 9.84 Å². The standard InChI is InChI=1S/C15H18N2O3/c1-9-8-11(4-5-13(9)20-3)14-16-10(2)12(6-7-18)15(19)17-14/h4-5,8,18H,6-7H2,1-3H3,(H,16,17,19). The molecule has 0 bridgehead atoms. The topological polar surface area (TPSA) is 75.2 Å². The van der Waals surface area contributed by atoms with E-state index in [0.717, 1.165) is 16.9 Å². The fraction of sp³-hybridized carbons (Fsp3) is 0.333. The number of nitrogens with one attached hydrogen (secondary N) is 1. The van der Waals surface area contributed by atoms with Crippen LogP contribution < -0.4 is 10.3 Å². The first-order valence-corrected chi connectivity index (χ1v) is 6.42. The molecule has 1 heterocycles. The van der Waals surface area contributed by atoms with Crippen molar-refractivity contribution >= 4 is 0 Å². The molecule has 0 saturated carbocycles. The summed E-state index contributed by atoms with van der Waals surface area (Å²) in [6, 6.07) is 5.62.